The van der Waals surface area contributed by atoms with Gasteiger partial charge < -0.3 is 49.2 Å². The molecule has 15 nitrogen and oxygen atoms in total. The van der Waals surface area contributed by atoms with Gasteiger partial charge in [0.05, 0.1) is 53.5 Å². The number of hydrogen-bond donors (Lipinski definition) is 6. The number of nitrogens with one attached hydrogen (secondary N) is 1. The lowest BCUT2D eigenvalue weighted by Gasteiger charge is -2.86. The molecule has 0 radical (unpaired) electrons. The highest BCUT2D eigenvalue weighted by Gasteiger charge is 2.99. The summed E-state index contributed by atoms with van der Waals surface area (Å²) in [4.78, 5) is 54.9. The van der Waals surface area contributed by atoms with Crippen molar-refractivity contribution in [3.05, 3.63) is 82.9 Å². The molecule has 4 aliphatic carbocycles. The number of ketones is 1. The lowest BCUT2D eigenvalue weighted by atomic mass is 9.20. The molecule has 2 aromatic rings. The molecule has 7 unspecified atom stereocenters. The molecule has 0 bridgehead atoms. The van der Waals surface area contributed by atoms with Crippen molar-refractivity contribution < 1.29 is 68.4 Å². The number of Topliss-reactive ketones (excluding diaryl/α,β-unsaturated/α-hetero) is 1. The van der Waals surface area contributed by atoms with Crippen molar-refractivity contribution in [3.8, 4) is 0 Å². The first kappa shape index (κ1) is 42.2. The average Bonchev–Trinajstić information content (AvgIpc) is 3.16. The first-order chi connectivity index (χ1) is 27.1. The van der Waals surface area contributed by atoms with E-state index < -0.39 is 106 Å². The number of benzene rings is 2. The predicted molar refractivity (Wildman–Crippen MR) is 202 cm³/mol. The van der Waals surface area contributed by atoms with Gasteiger partial charge in [0.15, 0.2) is 23.3 Å². The van der Waals surface area contributed by atoms with Crippen molar-refractivity contribution in [2.75, 3.05) is 13.2 Å². The third-order valence-corrected chi connectivity index (χ3v) is 13.8. The summed E-state index contributed by atoms with van der Waals surface area (Å²) in [6, 6.07) is 15.0. The maximum atomic E-state index is 14.9. The molecule has 7 rings (SSSR count). The number of aliphatic hydroxyl groups is 5. The highest BCUT2D eigenvalue weighted by atomic mass is 16.6. The van der Waals surface area contributed by atoms with Crippen molar-refractivity contribution in [2.45, 2.75) is 127 Å². The van der Waals surface area contributed by atoms with E-state index in [1.807, 2.05) is 0 Å². The summed E-state index contributed by atoms with van der Waals surface area (Å²) in [5.74, 6) is -2.46. The van der Waals surface area contributed by atoms with E-state index in [4.69, 9.17) is 23.7 Å². The van der Waals surface area contributed by atoms with Crippen LogP contribution in [0.15, 0.2) is 71.8 Å². The lowest BCUT2D eigenvalue weighted by molar-refractivity contribution is -0.472. The first-order valence-corrected chi connectivity index (χ1v) is 19.5. The molecule has 6 N–H and O–H groups in total. The van der Waals surface area contributed by atoms with Gasteiger partial charge in [-0.15, -0.1) is 0 Å². The molecule has 58 heavy (non-hydrogen) atoms. The second kappa shape index (κ2) is 14.1. The van der Waals surface area contributed by atoms with Crippen molar-refractivity contribution in [1.29, 1.82) is 0 Å². The molecule has 2 aromatic carbocycles. The number of hydrogen-bond acceptors (Lipinski definition) is 15. The summed E-state index contributed by atoms with van der Waals surface area (Å²) >= 11 is 0. The van der Waals surface area contributed by atoms with E-state index in [2.05, 4.69) is 5.32 Å². The van der Waals surface area contributed by atoms with Crippen LogP contribution in [0.2, 0.25) is 0 Å². The number of ether oxygens (including phenoxy) is 5. The van der Waals surface area contributed by atoms with Crippen LogP contribution in [0.4, 0.5) is 0 Å². The number of aldehydes is 1. The lowest BCUT2D eigenvalue weighted by Crippen LogP contribution is -3.00. The van der Waals surface area contributed by atoms with Gasteiger partial charge in [-0.25, -0.2) is 4.79 Å². The summed E-state index contributed by atoms with van der Waals surface area (Å²) < 4.78 is 30.4. The summed E-state index contributed by atoms with van der Waals surface area (Å²) in [6.45, 7) is 9.97. The highest BCUT2D eigenvalue weighted by Crippen LogP contribution is 2.85. The standard InChI is InChI=1S/C43H53NO14/c1-23-27(54-21-40(52,20-45)32(25-14-10-8-11-15-25)44-36(51)58-37(3,4)5)19-41(53)35(56-34(50)26-16-12-9-13-17-26)43-38(6,33(49)31(48)30(23)39(41,43)7)28(47)18-29-42(43,22-55-29)57-24(2)46/h8-17,20,27-29,31-32,35-36,44,47-48,51-53H,18-19,21-22H2,1-7H3/t27-,28?,29+,31+,32-,35+,36?,38?,39?,40?,41?,42-,43?/m0/s1. The van der Waals surface area contributed by atoms with Crippen molar-refractivity contribution in [2.24, 2.45) is 16.2 Å². The van der Waals surface area contributed by atoms with Crippen LogP contribution < -0.4 is 5.32 Å². The van der Waals surface area contributed by atoms with Gasteiger partial charge in [0, 0.05) is 25.2 Å². The summed E-state index contributed by atoms with van der Waals surface area (Å²) in [5, 5.41) is 63.0. The number of rotatable bonds is 12. The number of aliphatic hydroxyl groups excluding tert-OH is 3. The molecule has 5 aliphatic rings. The smallest absolute Gasteiger partial charge is 0.338 e. The van der Waals surface area contributed by atoms with Crippen LogP contribution in [-0.4, -0.2) is 122 Å². The van der Waals surface area contributed by atoms with Gasteiger partial charge in [0.2, 0.25) is 6.41 Å². The second-order valence-electron chi connectivity index (χ2n) is 17.8. The molecule has 1 aliphatic heterocycles. The topological polar surface area (TPSA) is 228 Å². The summed E-state index contributed by atoms with van der Waals surface area (Å²) in [7, 11) is 0. The molecule has 0 aromatic heterocycles. The molecular weight excluding hydrogens is 754 g/mol. The molecule has 13 atom stereocenters. The predicted octanol–water partition coefficient (Wildman–Crippen LogP) is 1.82. The quantitative estimate of drug-likeness (QED) is 0.0779. The Bertz CT molecular complexity index is 2000. The third kappa shape index (κ3) is 5.58. The van der Waals surface area contributed by atoms with Crippen LogP contribution in [0.1, 0.15) is 83.3 Å². The van der Waals surface area contributed by atoms with Crippen LogP contribution in [0.25, 0.3) is 0 Å². The van der Waals surface area contributed by atoms with Crippen LogP contribution >= 0.6 is 0 Å². The second-order valence-corrected chi connectivity index (χ2v) is 17.8. The fourth-order valence-electron chi connectivity index (χ4n) is 11.4. The molecule has 1 spiro atoms. The molecule has 1 saturated heterocycles. The monoisotopic (exact) mass is 807 g/mol. The number of carbonyl (C=O) groups excluding carboxylic acids is 4. The average molecular weight is 808 g/mol. The first-order valence-electron chi connectivity index (χ1n) is 19.5. The van der Waals surface area contributed by atoms with Crippen LogP contribution in [0.3, 0.4) is 0 Å². The molecule has 314 valence electrons. The molecule has 0 amide bonds. The minimum atomic E-state index is -2.39. The Morgan fingerprint density at radius 1 is 1.05 bits per heavy atom. The molecule has 3 saturated carbocycles. The number of carbonyl (C=O) groups is 4. The third-order valence-electron chi connectivity index (χ3n) is 13.8. The van der Waals surface area contributed by atoms with E-state index in [1.54, 1.807) is 83.1 Å². The number of esters is 2. The zero-order valence-electron chi connectivity index (χ0n) is 33.6. The number of fused-ring (bicyclic) bond motifs is 1. The zero-order valence-corrected chi connectivity index (χ0v) is 33.6. The SMILES string of the molecule is CC(=O)O[C@@]12CO[C@@H]1CC(O)C1(C)C(=O)[C@H](O)C3=C(C)[C@@H](OCC(O)(C=O)[C@@H](NC(O)OC(C)(C)C)c4ccccc4)CC4(O)[C@@H](OC(=O)c5ccccc5)C12C34C. The van der Waals surface area contributed by atoms with E-state index in [0.29, 0.717) is 5.56 Å². The minimum absolute atomic E-state index is 0.00777. The maximum absolute atomic E-state index is 14.9. The van der Waals surface area contributed by atoms with Crippen LogP contribution in [-0.2, 0) is 38.1 Å². The molecular formula is C43H53NO14. The van der Waals surface area contributed by atoms with E-state index in [-0.39, 0.29) is 42.4 Å². The molecule has 4 fully saturated rings. The van der Waals surface area contributed by atoms with Gasteiger partial charge in [-0.1, -0.05) is 55.5 Å². The van der Waals surface area contributed by atoms with Crippen LogP contribution in [0.5, 0.6) is 0 Å². The van der Waals surface area contributed by atoms with Crippen LogP contribution in [0, 0.1) is 16.2 Å². The van der Waals surface area contributed by atoms with E-state index >= 15 is 0 Å². The minimum Gasteiger partial charge on any atom is -0.455 e. The Morgan fingerprint density at radius 3 is 2.22 bits per heavy atom. The molecule has 1 heterocycles. The highest BCUT2D eigenvalue weighted by molar-refractivity contribution is 5.97. The Balaban J connectivity index is 1.36. The normalized spacial score (nSPS) is 38.3. The van der Waals surface area contributed by atoms with E-state index in [9.17, 15) is 44.7 Å². The fraction of sp³-hybridized carbons (Fsp3) is 0.581. The Hall–Kier alpha value is -3.90. The van der Waals surface area contributed by atoms with Gasteiger partial charge in [-0.3, -0.25) is 19.7 Å². The Morgan fingerprint density at radius 2 is 1.67 bits per heavy atom. The molecule has 15 heteroatoms. The van der Waals surface area contributed by atoms with Crippen molar-refractivity contribution in [1.82, 2.24) is 5.32 Å². The van der Waals surface area contributed by atoms with Gasteiger partial charge in [0.1, 0.15) is 23.9 Å². The van der Waals surface area contributed by atoms with Gasteiger partial charge in [-0.05, 0) is 63.5 Å². The summed E-state index contributed by atoms with van der Waals surface area (Å²) in [5.41, 5.74) is -11.9. The maximum Gasteiger partial charge on any atom is 0.338 e. The van der Waals surface area contributed by atoms with Gasteiger partial charge in [-0.2, -0.15) is 0 Å². The Kier molecular flexibility index (Phi) is 10.3. The van der Waals surface area contributed by atoms with Crippen molar-refractivity contribution >= 4 is 24.0 Å². The van der Waals surface area contributed by atoms with E-state index in [1.165, 1.54) is 26.0 Å². The summed E-state index contributed by atoms with van der Waals surface area (Å²) in [6.07, 6.45) is -9.18. The largest absolute Gasteiger partial charge is 0.455 e. The Labute approximate surface area is 336 Å². The van der Waals surface area contributed by atoms with Gasteiger partial charge >= 0.3 is 11.9 Å². The fourth-order valence-corrected chi connectivity index (χ4v) is 11.4. The zero-order chi connectivity index (χ0) is 42.4. The van der Waals surface area contributed by atoms with Crippen molar-refractivity contribution in [3.63, 3.8) is 0 Å². The van der Waals surface area contributed by atoms with E-state index in [0.717, 1.165) is 0 Å². The van der Waals surface area contributed by atoms with Gasteiger partial charge in [0.25, 0.3) is 0 Å².